The molecule has 4 heterocycles. The third-order valence-electron chi connectivity index (χ3n) is 6.67. The lowest BCUT2D eigenvalue weighted by molar-refractivity contribution is -0.137. The maximum atomic E-state index is 12.9. The van der Waals surface area contributed by atoms with Crippen LogP contribution in [0.25, 0.3) is 10.9 Å². The molecule has 0 bridgehead atoms. The summed E-state index contributed by atoms with van der Waals surface area (Å²) < 4.78 is 44.8. The molecular weight excluding hydrogens is 495 g/mol. The number of piperazine rings is 1. The lowest BCUT2D eigenvalue weighted by Crippen LogP contribution is -2.46. The van der Waals surface area contributed by atoms with E-state index in [-0.39, 0.29) is 10.6 Å². The van der Waals surface area contributed by atoms with Crippen LogP contribution in [0, 0.1) is 0 Å². The van der Waals surface area contributed by atoms with Gasteiger partial charge in [0.15, 0.2) is 0 Å². The van der Waals surface area contributed by atoms with Crippen molar-refractivity contribution >= 4 is 34.0 Å². The zero-order valence-electron chi connectivity index (χ0n) is 19.8. The Bertz CT molecular complexity index is 1340. The van der Waals surface area contributed by atoms with Gasteiger partial charge in [0.25, 0.3) is 5.56 Å². The number of alkyl halides is 3. The molecule has 0 radical (unpaired) electrons. The van der Waals surface area contributed by atoms with Crippen LogP contribution in [-0.2, 0) is 19.1 Å². The summed E-state index contributed by atoms with van der Waals surface area (Å²) in [6.07, 6.45) is -1.99. The zero-order valence-corrected chi connectivity index (χ0v) is 20.6. The van der Waals surface area contributed by atoms with Gasteiger partial charge < -0.3 is 19.9 Å². The van der Waals surface area contributed by atoms with Crippen molar-refractivity contribution < 1.29 is 17.9 Å². The molecule has 0 aliphatic carbocycles. The van der Waals surface area contributed by atoms with Crippen LogP contribution < -0.4 is 20.5 Å². The first-order valence-electron chi connectivity index (χ1n) is 12.0. The summed E-state index contributed by atoms with van der Waals surface area (Å²) in [6, 6.07) is 4.95. The number of nitrogens with zero attached hydrogens (tertiary/aromatic N) is 3. The highest BCUT2D eigenvalue weighted by molar-refractivity contribution is 6.33. The van der Waals surface area contributed by atoms with Gasteiger partial charge in [0.1, 0.15) is 11.6 Å². The van der Waals surface area contributed by atoms with E-state index in [0.29, 0.717) is 45.1 Å². The second-order valence-electron chi connectivity index (χ2n) is 9.08. The van der Waals surface area contributed by atoms with Gasteiger partial charge in [0.05, 0.1) is 33.8 Å². The van der Waals surface area contributed by atoms with Gasteiger partial charge in [-0.25, -0.2) is 4.98 Å². The quantitative estimate of drug-likeness (QED) is 0.508. The average molecular weight is 522 g/mol. The molecule has 11 heteroatoms. The molecule has 3 aromatic rings. The van der Waals surface area contributed by atoms with Crippen molar-refractivity contribution in [1.82, 2.24) is 14.9 Å². The van der Waals surface area contributed by atoms with Crippen LogP contribution in [0.5, 0.6) is 5.75 Å². The molecule has 0 amide bonds. The molecule has 1 fully saturated rings. The van der Waals surface area contributed by atoms with E-state index in [9.17, 15) is 18.0 Å². The van der Waals surface area contributed by atoms with E-state index >= 15 is 0 Å². The van der Waals surface area contributed by atoms with Gasteiger partial charge in [0, 0.05) is 51.0 Å². The number of nitrogens with one attached hydrogen (secondary N) is 2. The summed E-state index contributed by atoms with van der Waals surface area (Å²) in [5.41, 5.74) is 2.47. The number of benzene rings is 1. The third kappa shape index (κ3) is 4.84. The fraction of sp³-hybridized carbons (Fsp3) is 0.440. The largest absolute Gasteiger partial charge is 0.493 e. The number of hydrogen-bond donors (Lipinski definition) is 2. The normalized spacial score (nSPS) is 16.6. The topological polar surface area (TPSA) is 73.5 Å². The summed E-state index contributed by atoms with van der Waals surface area (Å²) in [4.78, 5) is 23.9. The standard InChI is InChI=1S/C25H27ClF3N5O2/c1-2-36-20-11-15(10-19-21(20)22-17(24(35)32-19)4-3-5-30-22)14-33-6-8-34(9-7-33)23-18(26)12-16(13-31-23)25(27,28)29/h10-13,30H,2-9,14H2,1H3,(H,32,35). The molecule has 0 spiro atoms. The monoisotopic (exact) mass is 521 g/mol. The molecule has 36 heavy (non-hydrogen) atoms. The maximum absolute atomic E-state index is 12.9. The Hall–Kier alpha value is -2.98. The fourth-order valence-electron chi connectivity index (χ4n) is 4.96. The van der Waals surface area contributed by atoms with E-state index in [2.05, 4.69) is 20.2 Å². The van der Waals surface area contributed by atoms with Crippen molar-refractivity contribution in [3.05, 3.63) is 56.5 Å². The lowest BCUT2D eigenvalue weighted by atomic mass is 9.99. The minimum atomic E-state index is -4.48. The van der Waals surface area contributed by atoms with Crippen molar-refractivity contribution in [1.29, 1.82) is 0 Å². The number of rotatable bonds is 5. The molecule has 2 aliphatic rings. The molecule has 1 aromatic carbocycles. The smallest absolute Gasteiger partial charge is 0.417 e. The molecule has 192 valence electrons. The van der Waals surface area contributed by atoms with Gasteiger partial charge >= 0.3 is 6.18 Å². The number of aromatic nitrogens is 2. The lowest BCUT2D eigenvalue weighted by Gasteiger charge is -2.36. The van der Waals surface area contributed by atoms with Gasteiger partial charge in [-0.2, -0.15) is 13.2 Å². The van der Waals surface area contributed by atoms with Crippen molar-refractivity contribution in [3.63, 3.8) is 0 Å². The molecular formula is C25H27ClF3N5O2. The molecule has 0 saturated carbocycles. The second kappa shape index (κ2) is 9.82. The molecule has 1 saturated heterocycles. The first-order chi connectivity index (χ1) is 17.2. The van der Waals surface area contributed by atoms with Crippen LogP contribution in [0.2, 0.25) is 5.02 Å². The predicted octanol–water partition coefficient (Wildman–Crippen LogP) is 4.67. The average Bonchev–Trinajstić information content (AvgIpc) is 2.84. The number of hydrogen-bond acceptors (Lipinski definition) is 6. The van der Waals surface area contributed by atoms with Gasteiger partial charge in [-0.3, -0.25) is 9.69 Å². The molecule has 5 rings (SSSR count). The van der Waals surface area contributed by atoms with Gasteiger partial charge in [0.2, 0.25) is 0 Å². The zero-order chi connectivity index (χ0) is 25.4. The summed E-state index contributed by atoms with van der Waals surface area (Å²) in [7, 11) is 0. The van der Waals surface area contributed by atoms with E-state index in [0.717, 1.165) is 65.1 Å². The first-order valence-corrected chi connectivity index (χ1v) is 12.4. The minimum absolute atomic E-state index is 0.00458. The number of pyridine rings is 2. The molecule has 2 aromatic heterocycles. The van der Waals surface area contributed by atoms with Gasteiger partial charge in [-0.1, -0.05) is 11.6 Å². The van der Waals surface area contributed by atoms with E-state index < -0.39 is 11.7 Å². The van der Waals surface area contributed by atoms with Gasteiger partial charge in [-0.15, -0.1) is 0 Å². The van der Waals surface area contributed by atoms with Gasteiger partial charge in [-0.05, 0) is 43.5 Å². The van der Waals surface area contributed by atoms with Crippen LogP contribution in [0.3, 0.4) is 0 Å². The van der Waals surface area contributed by atoms with Crippen LogP contribution >= 0.6 is 11.6 Å². The van der Waals surface area contributed by atoms with Crippen molar-refractivity contribution in [2.45, 2.75) is 32.5 Å². The number of aromatic amines is 1. The van der Waals surface area contributed by atoms with E-state index in [1.165, 1.54) is 0 Å². The molecule has 2 N–H and O–H groups in total. The highest BCUT2D eigenvalue weighted by atomic mass is 35.5. The number of halogens is 4. The highest BCUT2D eigenvalue weighted by Gasteiger charge is 2.32. The molecule has 0 unspecified atom stereocenters. The van der Waals surface area contributed by atoms with Crippen LogP contribution in [-0.4, -0.2) is 54.2 Å². The molecule has 2 aliphatic heterocycles. The Labute approximate surface area is 211 Å². The maximum Gasteiger partial charge on any atom is 0.417 e. The SMILES string of the molecule is CCOc1cc(CN2CCN(c3ncc(C(F)(F)F)cc3Cl)CC2)cc2[nH]c(=O)c3c(c12)NCCC3. The minimum Gasteiger partial charge on any atom is -0.493 e. The van der Waals surface area contributed by atoms with Crippen molar-refractivity contribution in [2.24, 2.45) is 0 Å². The Balaban J connectivity index is 1.34. The number of ether oxygens (including phenoxy) is 1. The van der Waals surface area contributed by atoms with E-state index in [1.54, 1.807) is 0 Å². The predicted molar refractivity (Wildman–Crippen MR) is 134 cm³/mol. The second-order valence-corrected chi connectivity index (χ2v) is 9.49. The first kappa shape index (κ1) is 24.7. The number of anilines is 2. The molecule has 7 nitrogen and oxygen atoms in total. The summed E-state index contributed by atoms with van der Waals surface area (Å²) >= 11 is 6.13. The summed E-state index contributed by atoms with van der Waals surface area (Å²) in [6.45, 7) is 6.43. The van der Waals surface area contributed by atoms with E-state index in [4.69, 9.17) is 16.3 Å². The third-order valence-corrected chi connectivity index (χ3v) is 6.95. The Kier molecular flexibility index (Phi) is 6.74. The molecule has 0 atom stereocenters. The van der Waals surface area contributed by atoms with Crippen molar-refractivity contribution in [2.75, 3.05) is 49.5 Å². The van der Waals surface area contributed by atoms with Crippen LogP contribution in [0.15, 0.2) is 29.2 Å². The Morgan fingerprint density at radius 2 is 1.94 bits per heavy atom. The number of fused-ring (bicyclic) bond motifs is 3. The fourth-order valence-corrected chi connectivity index (χ4v) is 5.24. The van der Waals surface area contributed by atoms with Crippen molar-refractivity contribution in [3.8, 4) is 5.75 Å². The number of H-pyrrole nitrogens is 1. The summed E-state index contributed by atoms with van der Waals surface area (Å²) in [5.74, 6) is 1.11. The summed E-state index contributed by atoms with van der Waals surface area (Å²) in [5, 5.41) is 4.29. The van der Waals surface area contributed by atoms with E-state index in [1.807, 2.05) is 24.0 Å². The van der Waals surface area contributed by atoms with Crippen LogP contribution in [0.1, 0.15) is 30.0 Å². The Morgan fingerprint density at radius 1 is 1.17 bits per heavy atom. The van der Waals surface area contributed by atoms with Crippen LogP contribution in [0.4, 0.5) is 24.7 Å². The Morgan fingerprint density at radius 3 is 2.64 bits per heavy atom. The highest BCUT2D eigenvalue weighted by Crippen LogP contribution is 2.37.